The van der Waals surface area contributed by atoms with Crippen LogP contribution in [0, 0.1) is 6.92 Å². The molecule has 2 aromatic heterocycles. The molecule has 4 aromatic rings. The predicted molar refractivity (Wildman–Crippen MR) is 150 cm³/mol. The van der Waals surface area contributed by atoms with Gasteiger partial charge in [-0.2, -0.15) is 0 Å². The number of alkyl halides is 2. The van der Waals surface area contributed by atoms with Crippen LogP contribution in [-0.2, 0) is 12.5 Å². The number of aromatic nitrogens is 4. The molecule has 0 unspecified atom stereocenters. The van der Waals surface area contributed by atoms with E-state index in [2.05, 4.69) is 44.3 Å². The van der Waals surface area contributed by atoms with Crippen LogP contribution in [0.1, 0.15) is 60.7 Å². The van der Waals surface area contributed by atoms with Gasteiger partial charge in [0.25, 0.3) is 11.8 Å². The van der Waals surface area contributed by atoms with E-state index in [1.165, 1.54) is 25.4 Å². The molecule has 0 aliphatic heterocycles. The second-order valence-corrected chi connectivity index (χ2v) is 9.30. The standard InChI is InChI=1S/C29H33F2N7O/c1-5-14-38(7-3)28-33-17-24-25(37-28)26(35-18-34-24)36-23-15-21(11-8-19(23)4)27(39)32-16-20-9-12-22(13-10-20)29(30,31)6-2/h8-13,15,17-18H,5-7,14,16H2,1-4H3,(H,32,39)(H,34,35,36). The summed E-state index contributed by atoms with van der Waals surface area (Å²) in [6, 6.07) is 11.4. The van der Waals surface area contributed by atoms with Gasteiger partial charge in [0, 0.05) is 42.9 Å². The number of amides is 1. The Balaban J connectivity index is 1.52. The molecule has 0 spiro atoms. The molecule has 0 bridgehead atoms. The molecule has 10 heteroatoms. The summed E-state index contributed by atoms with van der Waals surface area (Å²) in [6.07, 6.45) is 3.85. The third-order valence-corrected chi connectivity index (χ3v) is 6.55. The zero-order chi connectivity index (χ0) is 28.0. The van der Waals surface area contributed by atoms with Crippen molar-refractivity contribution in [3.8, 4) is 0 Å². The van der Waals surface area contributed by atoms with Crippen LogP contribution >= 0.6 is 0 Å². The highest BCUT2D eigenvalue weighted by atomic mass is 19.3. The van der Waals surface area contributed by atoms with Crippen molar-refractivity contribution >= 4 is 34.4 Å². The molecule has 2 N–H and O–H groups in total. The second-order valence-electron chi connectivity index (χ2n) is 9.30. The van der Waals surface area contributed by atoms with Crippen molar-refractivity contribution < 1.29 is 13.6 Å². The summed E-state index contributed by atoms with van der Waals surface area (Å²) in [7, 11) is 0. The minimum atomic E-state index is -2.86. The molecule has 2 heterocycles. The number of fused-ring (bicyclic) bond motifs is 1. The van der Waals surface area contributed by atoms with E-state index in [4.69, 9.17) is 4.98 Å². The van der Waals surface area contributed by atoms with Gasteiger partial charge in [0.05, 0.1) is 6.20 Å². The molecule has 2 aromatic carbocycles. The lowest BCUT2D eigenvalue weighted by Gasteiger charge is -2.20. The number of halogens is 2. The average Bonchev–Trinajstić information content (AvgIpc) is 2.96. The van der Waals surface area contributed by atoms with E-state index in [0.29, 0.717) is 34.1 Å². The Bertz CT molecular complexity index is 1440. The van der Waals surface area contributed by atoms with Gasteiger partial charge in [0.15, 0.2) is 5.82 Å². The van der Waals surface area contributed by atoms with Crippen LogP contribution in [0.2, 0.25) is 0 Å². The predicted octanol–water partition coefficient (Wildman–Crippen LogP) is 6.14. The van der Waals surface area contributed by atoms with Gasteiger partial charge in [-0.05, 0) is 43.5 Å². The zero-order valence-corrected chi connectivity index (χ0v) is 22.6. The SMILES string of the molecule is CCCN(CC)c1ncc2ncnc(Nc3cc(C(=O)NCc4ccc(C(F)(F)CC)cc4)ccc3C)c2n1. The number of benzene rings is 2. The molecular weight excluding hydrogens is 500 g/mol. The van der Waals surface area contributed by atoms with E-state index in [1.807, 2.05) is 13.0 Å². The molecule has 0 fully saturated rings. The molecule has 1 amide bonds. The molecule has 4 rings (SSSR count). The summed E-state index contributed by atoms with van der Waals surface area (Å²) in [5.74, 6) is -2.02. The number of carbonyl (C=O) groups is 1. The third kappa shape index (κ3) is 6.45. The molecule has 0 radical (unpaired) electrons. The Kier molecular flexibility index (Phi) is 8.63. The first-order chi connectivity index (χ1) is 18.7. The second kappa shape index (κ2) is 12.1. The molecule has 0 saturated carbocycles. The van der Waals surface area contributed by atoms with Crippen molar-refractivity contribution in [3.05, 3.63) is 77.2 Å². The van der Waals surface area contributed by atoms with Gasteiger partial charge in [0.2, 0.25) is 5.95 Å². The lowest BCUT2D eigenvalue weighted by molar-refractivity contribution is -0.00830. The van der Waals surface area contributed by atoms with Gasteiger partial charge in [-0.15, -0.1) is 0 Å². The molecule has 0 aliphatic carbocycles. The zero-order valence-electron chi connectivity index (χ0n) is 22.6. The maximum atomic E-state index is 13.9. The minimum Gasteiger partial charge on any atom is -0.348 e. The maximum Gasteiger partial charge on any atom is 0.273 e. The number of carbonyl (C=O) groups excluding carboxylic acids is 1. The summed E-state index contributed by atoms with van der Waals surface area (Å²) in [5.41, 5.74) is 3.97. The van der Waals surface area contributed by atoms with Gasteiger partial charge in [-0.3, -0.25) is 4.79 Å². The molecule has 39 heavy (non-hydrogen) atoms. The van der Waals surface area contributed by atoms with Crippen LogP contribution in [0.5, 0.6) is 0 Å². The Hall–Kier alpha value is -4.21. The fourth-order valence-corrected chi connectivity index (χ4v) is 4.14. The van der Waals surface area contributed by atoms with E-state index in [1.54, 1.807) is 30.5 Å². The molecule has 0 saturated heterocycles. The van der Waals surface area contributed by atoms with Gasteiger partial charge in [-0.25, -0.2) is 28.7 Å². The van der Waals surface area contributed by atoms with E-state index in [9.17, 15) is 13.6 Å². The fraction of sp³-hybridized carbons (Fsp3) is 0.345. The smallest absolute Gasteiger partial charge is 0.273 e. The number of aryl methyl sites for hydroxylation is 1. The number of hydrogen-bond donors (Lipinski definition) is 2. The van der Waals surface area contributed by atoms with E-state index >= 15 is 0 Å². The highest BCUT2D eigenvalue weighted by molar-refractivity contribution is 5.96. The Morgan fingerprint density at radius 3 is 2.49 bits per heavy atom. The topological polar surface area (TPSA) is 95.9 Å². The van der Waals surface area contributed by atoms with E-state index in [0.717, 1.165) is 30.6 Å². The van der Waals surface area contributed by atoms with Crippen molar-refractivity contribution in [2.24, 2.45) is 0 Å². The van der Waals surface area contributed by atoms with Crippen LogP contribution in [-0.4, -0.2) is 38.9 Å². The van der Waals surface area contributed by atoms with Gasteiger partial charge < -0.3 is 15.5 Å². The van der Waals surface area contributed by atoms with Gasteiger partial charge in [0.1, 0.15) is 17.4 Å². The van der Waals surface area contributed by atoms with Crippen molar-refractivity contribution in [2.75, 3.05) is 23.3 Å². The Morgan fingerprint density at radius 2 is 1.79 bits per heavy atom. The molecule has 0 atom stereocenters. The van der Waals surface area contributed by atoms with Gasteiger partial charge >= 0.3 is 0 Å². The number of hydrogen-bond acceptors (Lipinski definition) is 7. The third-order valence-electron chi connectivity index (χ3n) is 6.55. The normalized spacial score (nSPS) is 11.4. The first-order valence-electron chi connectivity index (χ1n) is 13.1. The van der Waals surface area contributed by atoms with Crippen LogP contribution in [0.15, 0.2) is 55.0 Å². The van der Waals surface area contributed by atoms with Crippen molar-refractivity contribution in [2.45, 2.75) is 53.0 Å². The summed E-state index contributed by atoms with van der Waals surface area (Å²) < 4.78 is 27.8. The van der Waals surface area contributed by atoms with Crippen LogP contribution in [0.25, 0.3) is 11.0 Å². The highest BCUT2D eigenvalue weighted by Crippen LogP contribution is 2.31. The number of rotatable bonds is 11. The maximum absolute atomic E-state index is 13.9. The molecule has 0 aliphatic rings. The largest absolute Gasteiger partial charge is 0.348 e. The van der Waals surface area contributed by atoms with Gasteiger partial charge in [-0.1, -0.05) is 44.2 Å². The monoisotopic (exact) mass is 533 g/mol. The first-order valence-corrected chi connectivity index (χ1v) is 13.1. The van der Waals surface area contributed by atoms with Crippen molar-refractivity contribution in [1.29, 1.82) is 0 Å². The van der Waals surface area contributed by atoms with Crippen molar-refractivity contribution in [1.82, 2.24) is 25.3 Å². The minimum absolute atomic E-state index is 0.0308. The highest BCUT2D eigenvalue weighted by Gasteiger charge is 2.28. The average molecular weight is 534 g/mol. The number of nitrogens with zero attached hydrogens (tertiary/aromatic N) is 5. The molecular formula is C29H33F2N7O. The lowest BCUT2D eigenvalue weighted by atomic mass is 10.0. The van der Waals surface area contributed by atoms with Crippen LogP contribution in [0.4, 0.5) is 26.2 Å². The quantitative estimate of drug-likeness (QED) is 0.239. The summed E-state index contributed by atoms with van der Waals surface area (Å²) in [5, 5.41) is 6.18. The Labute approximate surface area is 226 Å². The van der Waals surface area contributed by atoms with Crippen LogP contribution < -0.4 is 15.5 Å². The van der Waals surface area contributed by atoms with E-state index in [-0.39, 0.29) is 24.4 Å². The Morgan fingerprint density at radius 1 is 1.03 bits per heavy atom. The number of anilines is 3. The summed E-state index contributed by atoms with van der Waals surface area (Å²) >= 11 is 0. The van der Waals surface area contributed by atoms with Crippen LogP contribution in [0.3, 0.4) is 0 Å². The summed E-state index contributed by atoms with van der Waals surface area (Å²) in [6.45, 7) is 9.38. The molecule has 8 nitrogen and oxygen atoms in total. The fourth-order valence-electron chi connectivity index (χ4n) is 4.14. The van der Waals surface area contributed by atoms with Crippen molar-refractivity contribution in [3.63, 3.8) is 0 Å². The lowest BCUT2D eigenvalue weighted by Crippen LogP contribution is -2.25. The number of nitrogens with one attached hydrogen (secondary N) is 2. The summed E-state index contributed by atoms with van der Waals surface area (Å²) in [4.78, 5) is 32.9. The first kappa shape index (κ1) is 27.8. The van der Waals surface area contributed by atoms with E-state index < -0.39 is 5.92 Å². The molecule has 204 valence electrons.